The normalized spacial score (nSPS) is 11.9. The Balaban J connectivity index is 2.16. The van der Waals surface area contributed by atoms with Crippen LogP contribution < -0.4 is 3.07 Å². The SMILES string of the molecule is Cc1ccc2c(c1)Cc1c[c]([201Hg][Cl])ccc1-2. The third kappa shape index (κ3) is 1.72. The second-order valence-corrected chi connectivity index (χ2v) is 11.0. The average Bonchev–Trinajstić information content (AvgIpc) is 2.64. The van der Waals surface area contributed by atoms with Crippen LogP contribution >= 0.6 is 8.25 Å². The van der Waals surface area contributed by atoms with E-state index in [1.807, 2.05) is 0 Å². The van der Waals surface area contributed by atoms with Crippen LogP contribution in [0.25, 0.3) is 11.1 Å². The third-order valence-corrected chi connectivity index (χ3v) is 8.87. The number of rotatable bonds is 1. The first kappa shape index (κ1) is 10.8. The van der Waals surface area contributed by atoms with E-state index in [-0.39, 0.29) is 0 Å². The number of hydrogen-bond donors (Lipinski definition) is 0. The van der Waals surface area contributed by atoms with Crippen LogP contribution in [0.1, 0.15) is 16.7 Å². The predicted octanol–water partition coefficient (Wildman–Crippen LogP) is 3.43. The number of aryl methyl sites for hydroxylation is 1. The summed E-state index contributed by atoms with van der Waals surface area (Å²) >= 11 is -1.24. The van der Waals surface area contributed by atoms with Gasteiger partial charge in [-0.2, -0.15) is 0 Å². The number of fused-ring (bicyclic) bond motifs is 3. The van der Waals surface area contributed by atoms with Crippen LogP contribution in [-0.2, 0) is 29.8 Å². The van der Waals surface area contributed by atoms with Gasteiger partial charge in [-0.15, -0.1) is 0 Å². The van der Waals surface area contributed by atoms with Crippen LogP contribution in [0.15, 0.2) is 36.4 Å². The van der Waals surface area contributed by atoms with Crippen LogP contribution in [0.3, 0.4) is 0 Å². The van der Waals surface area contributed by atoms with Gasteiger partial charge < -0.3 is 0 Å². The van der Waals surface area contributed by atoms with E-state index < -0.39 is 23.3 Å². The van der Waals surface area contributed by atoms with Crippen molar-refractivity contribution in [3.63, 3.8) is 0 Å². The molecule has 0 aliphatic heterocycles. The molecule has 0 aromatic heterocycles. The van der Waals surface area contributed by atoms with Crippen molar-refractivity contribution >= 4 is 11.3 Å². The van der Waals surface area contributed by atoms with Crippen molar-refractivity contribution in [1.82, 2.24) is 0 Å². The average molecular weight is 416 g/mol. The summed E-state index contributed by atoms with van der Waals surface area (Å²) in [5, 5.41) is 0. The molecule has 1 aliphatic rings. The standard InChI is InChI=1S/C14H11.ClH.Hg/c1-10-6-7-14-12(8-10)9-11-4-2-3-5-13(11)14;;/h3-8H,9H2,1H3;1H;/q;;+1/p-1/i;;1+0. The maximum absolute atomic E-state index is 6.09. The minimum atomic E-state index is -1.24. The van der Waals surface area contributed by atoms with Gasteiger partial charge >= 0.3 is 112 Å². The second-order valence-electron chi connectivity index (χ2n) is 4.46. The van der Waals surface area contributed by atoms with Crippen molar-refractivity contribution in [2.24, 2.45) is 0 Å². The zero-order chi connectivity index (χ0) is 11.1. The van der Waals surface area contributed by atoms with E-state index in [9.17, 15) is 0 Å². The molecule has 1 aliphatic carbocycles. The summed E-state index contributed by atoms with van der Waals surface area (Å²) in [6.45, 7) is 2.16. The quantitative estimate of drug-likeness (QED) is 0.534. The Morgan fingerprint density at radius 2 is 1.69 bits per heavy atom. The molecule has 0 radical (unpaired) electrons. The molecule has 0 spiro atoms. The molecular weight excluding hydrogens is 405 g/mol. The molecule has 2 heteroatoms. The van der Waals surface area contributed by atoms with E-state index in [4.69, 9.17) is 8.25 Å². The van der Waals surface area contributed by atoms with Crippen molar-refractivity contribution in [2.45, 2.75) is 13.3 Å². The molecule has 16 heavy (non-hydrogen) atoms. The summed E-state index contributed by atoms with van der Waals surface area (Å²) in [6.07, 6.45) is 1.09. The molecule has 0 heterocycles. The number of hydrogen-bond acceptors (Lipinski definition) is 0. The molecule has 0 bridgehead atoms. The fourth-order valence-corrected chi connectivity index (χ4v) is 6.00. The van der Waals surface area contributed by atoms with E-state index in [2.05, 4.69) is 43.3 Å². The van der Waals surface area contributed by atoms with Gasteiger partial charge in [0.25, 0.3) is 0 Å². The summed E-state index contributed by atoms with van der Waals surface area (Å²) < 4.78 is 1.44. The summed E-state index contributed by atoms with van der Waals surface area (Å²) in [5.41, 5.74) is 7.12. The Labute approximate surface area is 112 Å². The zero-order valence-corrected chi connectivity index (χ0v) is 15.5. The first-order chi connectivity index (χ1) is 7.78. The monoisotopic (exact) mass is 415 g/mol. The molecule has 0 saturated carbocycles. The first-order valence-corrected chi connectivity index (χ1v) is 15.1. The zero-order valence-electron chi connectivity index (χ0n) is 9.26. The predicted molar refractivity (Wildman–Crippen MR) is 64.9 cm³/mol. The topological polar surface area (TPSA) is 0 Å². The van der Waals surface area contributed by atoms with Gasteiger partial charge in [0.05, 0.1) is 0 Å². The Morgan fingerprint density at radius 3 is 2.44 bits per heavy atom. The minimum absolute atomic E-state index is 1.09. The molecule has 0 atom stereocenters. The third-order valence-electron chi connectivity index (χ3n) is 3.26. The summed E-state index contributed by atoms with van der Waals surface area (Å²) in [6, 6.07) is 13.6. The molecule has 0 nitrogen and oxygen atoms in total. The Kier molecular flexibility index (Phi) is 2.81. The van der Waals surface area contributed by atoms with Gasteiger partial charge in [-0.3, -0.25) is 0 Å². The molecule has 0 N–H and O–H groups in total. The fraction of sp³-hybridized carbons (Fsp3) is 0.143. The molecule has 2 aromatic carbocycles. The fourth-order valence-electron chi connectivity index (χ4n) is 2.48. The van der Waals surface area contributed by atoms with Gasteiger partial charge in [0.15, 0.2) is 0 Å². The van der Waals surface area contributed by atoms with Crippen LogP contribution in [0.2, 0.25) is 0 Å². The van der Waals surface area contributed by atoms with Crippen molar-refractivity contribution in [2.75, 3.05) is 0 Å². The van der Waals surface area contributed by atoms with Crippen molar-refractivity contribution in [1.29, 1.82) is 0 Å². The van der Waals surface area contributed by atoms with Gasteiger partial charge in [0.1, 0.15) is 0 Å². The van der Waals surface area contributed by atoms with E-state index in [0.29, 0.717) is 0 Å². The van der Waals surface area contributed by atoms with Crippen molar-refractivity contribution in [3.05, 3.63) is 53.1 Å². The van der Waals surface area contributed by atoms with Crippen LogP contribution in [-0.4, -0.2) is 0 Å². The summed E-state index contributed by atoms with van der Waals surface area (Å²) in [5.74, 6) is 0. The van der Waals surface area contributed by atoms with Crippen LogP contribution in [0, 0.1) is 6.92 Å². The van der Waals surface area contributed by atoms with Crippen molar-refractivity contribution < 1.29 is 23.3 Å². The molecule has 0 saturated heterocycles. The molecule has 3 rings (SSSR count). The number of benzene rings is 2. The van der Waals surface area contributed by atoms with E-state index in [1.54, 1.807) is 0 Å². The summed E-state index contributed by atoms with van der Waals surface area (Å²) in [4.78, 5) is 0. The molecule has 2 aromatic rings. The van der Waals surface area contributed by atoms with E-state index >= 15 is 0 Å². The Morgan fingerprint density at radius 1 is 1.00 bits per heavy atom. The van der Waals surface area contributed by atoms with Gasteiger partial charge in [-0.25, -0.2) is 0 Å². The van der Waals surface area contributed by atoms with Gasteiger partial charge in [0, 0.05) is 0 Å². The maximum atomic E-state index is 6.09. The molecule has 0 unspecified atom stereocenters. The first-order valence-electron chi connectivity index (χ1n) is 5.55. The Bertz CT molecular complexity index is 561. The molecule has 76 valence electrons. The molecular formula is C14H11ClHg. The van der Waals surface area contributed by atoms with Crippen molar-refractivity contribution in [3.8, 4) is 11.1 Å². The van der Waals surface area contributed by atoms with E-state index in [1.165, 1.54) is 30.9 Å². The second kappa shape index (κ2) is 4.16. The summed E-state index contributed by atoms with van der Waals surface area (Å²) in [7, 11) is 6.09. The van der Waals surface area contributed by atoms with Gasteiger partial charge in [-0.1, -0.05) is 0 Å². The molecule has 0 amide bonds. The van der Waals surface area contributed by atoms with Crippen LogP contribution in [0.4, 0.5) is 0 Å². The Hall–Kier alpha value is -0.335. The molecule has 0 fully saturated rings. The van der Waals surface area contributed by atoms with E-state index in [0.717, 1.165) is 6.42 Å². The number of halogens is 1. The van der Waals surface area contributed by atoms with Gasteiger partial charge in [0.2, 0.25) is 0 Å². The van der Waals surface area contributed by atoms with Gasteiger partial charge in [-0.05, 0) is 0 Å². The van der Waals surface area contributed by atoms with Crippen LogP contribution in [0.5, 0.6) is 0 Å².